The fourth-order valence-corrected chi connectivity index (χ4v) is 1.94. The molecule has 1 aliphatic rings. The molecule has 0 spiro atoms. The number of carbonyl (C=O) groups is 1. The van der Waals surface area contributed by atoms with E-state index in [1.54, 1.807) is 0 Å². The highest BCUT2D eigenvalue weighted by Crippen LogP contribution is 2.39. The SMILES string of the molecule is CCCC[C@H](N)C(=O)NCC1(C)CCC1. The third-order valence-corrected chi connectivity index (χ3v) is 3.46. The Kier molecular flexibility index (Phi) is 4.58. The van der Waals surface area contributed by atoms with E-state index in [-0.39, 0.29) is 11.9 Å². The van der Waals surface area contributed by atoms with Crippen LogP contribution in [-0.2, 0) is 4.79 Å². The van der Waals surface area contributed by atoms with E-state index < -0.39 is 0 Å². The van der Waals surface area contributed by atoms with Crippen molar-refractivity contribution in [3.05, 3.63) is 0 Å². The van der Waals surface area contributed by atoms with E-state index in [1.165, 1.54) is 19.3 Å². The quantitative estimate of drug-likeness (QED) is 0.705. The largest absolute Gasteiger partial charge is 0.354 e. The second-order valence-corrected chi connectivity index (χ2v) is 5.13. The van der Waals surface area contributed by atoms with Gasteiger partial charge in [-0.2, -0.15) is 0 Å². The summed E-state index contributed by atoms with van der Waals surface area (Å²) in [6, 6.07) is -0.311. The summed E-state index contributed by atoms with van der Waals surface area (Å²) in [4.78, 5) is 11.6. The normalized spacial score (nSPS) is 20.5. The molecule has 3 heteroatoms. The van der Waals surface area contributed by atoms with Gasteiger partial charge in [0.2, 0.25) is 5.91 Å². The third kappa shape index (κ3) is 3.82. The van der Waals surface area contributed by atoms with Gasteiger partial charge in [0.1, 0.15) is 0 Å². The maximum absolute atomic E-state index is 11.6. The van der Waals surface area contributed by atoms with E-state index in [0.717, 1.165) is 25.8 Å². The summed E-state index contributed by atoms with van der Waals surface area (Å²) < 4.78 is 0. The van der Waals surface area contributed by atoms with E-state index in [9.17, 15) is 4.79 Å². The first-order chi connectivity index (χ1) is 7.07. The van der Waals surface area contributed by atoms with E-state index in [4.69, 9.17) is 5.73 Å². The summed E-state index contributed by atoms with van der Waals surface area (Å²) in [7, 11) is 0. The monoisotopic (exact) mass is 212 g/mol. The van der Waals surface area contributed by atoms with Crippen molar-refractivity contribution in [2.75, 3.05) is 6.54 Å². The fourth-order valence-electron chi connectivity index (χ4n) is 1.94. The molecular weight excluding hydrogens is 188 g/mol. The summed E-state index contributed by atoms with van der Waals surface area (Å²) in [5.74, 6) is 0.0246. The van der Waals surface area contributed by atoms with E-state index in [0.29, 0.717) is 5.41 Å². The van der Waals surface area contributed by atoms with E-state index in [2.05, 4.69) is 19.2 Å². The smallest absolute Gasteiger partial charge is 0.236 e. The summed E-state index contributed by atoms with van der Waals surface area (Å²) in [5, 5.41) is 2.97. The highest BCUT2D eigenvalue weighted by Gasteiger charge is 2.32. The van der Waals surface area contributed by atoms with Crippen molar-refractivity contribution in [2.45, 2.75) is 58.4 Å². The van der Waals surface area contributed by atoms with Crippen molar-refractivity contribution < 1.29 is 4.79 Å². The van der Waals surface area contributed by atoms with Crippen molar-refractivity contribution in [2.24, 2.45) is 11.1 Å². The van der Waals surface area contributed by atoms with Crippen molar-refractivity contribution in [3.8, 4) is 0 Å². The highest BCUT2D eigenvalue weighted by atomic mass is 16.2. The van der Waals surface area contributed by atoms with Gasteiger partial charge in [0, 0.05) is 6.54 Å². The van der Waals surface area contributed by atoms with Crippen LogP contribution in [-0.4, -0.2) is 18.5 Å². The summed E-state index contributed by atoms with van der Waals surface area (Å²) in [5.41, 5.74) is 6.13. The minimum Gasteiger partial charge on any atom is -0.354 e. The molecule has 0 saturated heterocycles. The van der Waals surface area contributed by atoms with Gasteiger partial charge in [0.05, 0.1) is 6.04 Å². The number of carbonyl (C=O) groups excluding carboxylic acids is 1. The van der Waals surface area contributed by atoms with Gasteiger partial charge in [-0.05, 0) is 24.7 Å². The molecule has 0 aromatic heterocycles. The number of unbranched alkanes of at least 4 members (excludes halogenated alkanes) is 1. The lowest BCUT2D eigenvalue weighted by Crippen LogP contribution is -2.46. The van der Waals surface area contributed by atoms with Crippen LogP contribution in [0.4, 0.5) is 0 Å². The Balaban J connectivity index is 2.17. The van der Waals surface area contributed by atoms with Gasteiger partial charge in [-0.25, -0.2) is 0 Å². The standard InChI is InChI=1S/C12H24N2O/c1-3-4-6-10(13)11(15)14-9-12(2)7-5-8-12/h10H,3-9,13H2,1-2H3,(H,14,15)/t10-/m0/s1. The Bertz CT molecular complexity index is 212. The number of nitrogens with one attached hydrogen (secondary N) is 1. The van der Waals surface area contributed by atoms with Crippen molar-refractivity contribution >= 4 is 5.91 Å². The molecule has 0 heterocycles. The minimum atomic E-state index is -0.311. The lowest BCUT2D eigenvalue weighted by atomic mass is 9.70. The van der Waals surface area contributed by atoms with Gasteiger partial charge in [0.15, 0.2) is 0 Å². The molecule has 0 unspecified atom stereocenters. The highest BCUT2D eigenvalue weighted by molar-refractivity contribution is 5.81. The number of rotatable bonds is 6. The van der Waals surface area contributed by atoms with Crippen molar-refractivity contribution in [3.63, 3.8) is 0 Å². The van der Waals surface area contributed by atoms with E-state index >= 15 is 0 Å². The van der Waals surface area contributed by atoms with Crippen LogP contribution in [0.3, 0.4) is 0 Å². The number of hydrogen-bond acceptors (Lipinski definition) is 2. The molecule has 0 radical (unpaired) electrons. The van der Waals surface area contributed by atoms with Crippen molar-refractivity contribution in [1.82, 2.24) is 5.32 Å². The topological polar surface area (TPSA) is 55.1 Å². The maximum Gasteiger partial charge on any atom is 0.236 e. The van der Waals surface area contributed by atoms with Gasteiger partial charge in [-0.3, -0.25) is 4.79 Å². The van der Waals surface area contributed by atoms with Crippen LogP contribution >= 0.6 is 0 Å². The molecule has 3 N–H and O–H groups in total. The summed E-state index contributed by atoms with van der Waals surface area (Å²) in [6.07, 6.45) is 6.70. The van der Waals surface area contributed by atoms with Crippen molar-refractivity contribution in [1.29, 1.82) is 0 Å². The molecule has 1 aliphatic carbocycles. The van der Waals surface area contributed by atoms with Gasteiger partial charge < -0.3 is 11.1 Å². The molecule has 0 aliphatic heterocycles. The Morgan fingerprint density at radius 1 is 1.53 bits per heavy atom. The molecule has 0 bridgehead atoms. The minimum absolute atomic E-state index is 0.0246. The van der Waals surface area contributed by atoms with Crippen LogP contribution in [0.2, 0.25) is 0 Å². The lowest BCUT2D eigenvalue weighted by molar-refractivity contribution is -0.123. The second-order valence-electron chi connectivity index (χ2n) is 5.13. The predicted octanol–water partition coefficient (Wildman–Crippen LogP) is 1.81. The van der Waals surface area contributed by atoms with Gasteiger partial charge in [0.25, 0.3) is 0 Å². The van der Waals surface area contributed by atoms with Gasteiger partial charge in [-0.1, -0.05) is 33.1 Å². The molecule has 15 heavy (non-hydrogen) atoms. The van der Waals surface area contributed by atoms with Crippen LogP contribution < -0.4 is 11.1 Å². The molecule has 0 aromatic carbocycles. The number of amides is 1. The van der Waals surface area contributed by atoms with Gasteiger partial charge in [-0.15, -0.1) is 0 Å². The van der Waals surface area contributed by atoms with Crippen LogP contribution in [0.25, 0.3) is 0 Å². The average Bonchev–Trinajstić information content (AvgIpc) is 2.19. The molecular formula is C12H24N2O. The zero-order valence-corrected chi connectivity index (χ0v) is 10.0. The summed E-state index contributed by atoms with van der Waals surface area (Å²) in [6.45, 7) is 5.14. The Morgan fingerprint density at radius 3 is 2.67 bits per heavy atom. The van der Waals surface area contributed by atoms with Crippen LogP contribution in [0, 0.1) is 5.41 Å². The Hall–Kier alpha value is -0.570. The Labute approximate surface area is 92.8 Å². The first-order valence-corrected chi connectivity index (χ1v) is 6.11. The zero-order valence-electron chi connectivity index (χ0n) is 10.0. The molecule has 1 atom stereocenters. The number of nitrogens with two attached hydrogens (primary N) is 1. The van der Waals surface area contributed by atoms with E-state index in [1.807, 2.05) is 0 Å². The third-order valence-electron chi connectivity index (χ3n) is 3.46. The average molecular weight is 212 g/mol. The molecule has 1 saturated carbocycles. The zero-order chi connectivity index (χ0) is 11.3. The predicted molar refractivity (Wildman–Crippen MR) is 62.5 cm³/mol. The fraction of sp³-hybridized carbons (Fsp3) is 0.917. The maximum atomic E-state index is 11.6. The molecule has 1 amide bonds. The molecule has 1 rings (SSSR count). The first-order valence-electron chi connectivity index (χ1n) is 6.11. The first kappa shape index (κ1) is 12.5. The second kappa shape index (κ2) is 5.50. The van der Waals surface area contributed by atoms with Crippen LogP contribution in [0.15, 0.2) is 0 Å². The van der Waals surface area contributed by atoms with Crippen LogP contribution in [0.5, 0.6) is 0 Å². The lowest BCUT2D eigenvalue weighted by Gasteiger charge is -2.38. The molecule has 1 fully saturated rings. The molecule has 3 nitrogen and oxygen atoms in total. The van der Waals surface area contributed by atoms with Gasteiger partial charge >= 0.3 is 0 Å². The Morgan fingerprint density at radius 2 is 2.20 bits per heavy atom. The van der Waals surface area contributed by atoms with Crippen LogP contribution in [0.1, 0.15) is 52.4 Å². The molecule has 88 valence electrons. The number of hydrogen-bond donors (Lipinski definition) is 2. The molecule has 0 aromatic rings. The summed E-state index contributed by atoms with van der Waals surface area (Å²) >= 11 is 0.